The summed E-state index contributed by atoms with van der Waals surface area (Å²) in [6.45, 7) is 0.556. The van der Waals surface area contributed by atoms with Gasteiger partial charge >= 0.3 is 0 Å². The van der Waals surface area contributed by atoms with Crippen LogP contribution in [0.25, 0.3) is 11.0 Å². The molecule has 0 amide bonds. The van der Waals surface area contributed by atoms with Gasteiger partial charge in [0.15, 0.2) is 0 Å². The van der Waals surface area contributed by atoms with E-state index in [9.17, 15) is 0 Å². The van der Waals surface area contributed by atoms with Crippen molar-refractivity contribution in [1.29, 1.82) is 0 Å². The molecule has 0 saturated carbocycles. The molecule has 0 radical (unpaired) electrons. The summed E-state index contributed by atoms with van der Waals surface area (Å²) in [6, 6.07) is 9.33. The second kappa shape index (κ2) is 5.44. The minimum absolute atomic E-state index is 0.503. The Balaban J connectivity index is 1.95. The van der Waals surface area contributed by atoms with Crippen LogP contribution in [0.3, 0.4) is 0 Å². The van der Waals surface area contributed by atoms with E-state index in [1.54, 1.807) is 6.07 Å². The molecule has 0 unspecified atom stereocenters. The van der Waals surface area contributed by atoms with E-state index in [0.717, 1.165) is 28.7 Å². The predicted octanol–water partition coefficient (Wildman–Crippen LogP) is 4.19. The Morgan fingerprint density at radius 1 is 1.10 bits per heavy atom. The highest BCUT2D eigenvalue weighted by Crippen LogP contribution is 2.35. The molecule has 0 fully saturated rings. The molecule has 4 nitrogen and oxygen atoms in total. The molecule has 3 N–H and O–H groups in total. The van der Waals surface area contributed by atoms with Crippen LogP contribution in [0.2, 0.25) is 10.0 Å². The van der Waals surface area contributed by atoms with Gasteiger partial charge in [0.2, 0.25) is 0 Å². The lowest BCUT2D eigenvalue weighted by Gasteiger charge is -2.11. The summed E-state index contributed by atoms with van der Waals surface area (Å²) in [4.78, 5) is 0. The monoisotopic (exact) mass is 324 g/mol. The van der Waals surface area contributed by atoms with Gasteiger partial charge in [-0.05, 0) is 17.7 Å². The molecule has 7 heteroatoms. The van der Waals surface area contributed by atoms with Crippen molar-refractivity contribution < 1.29 is 0 Å². The highest BCUT2D eigenvalue weighted by Gasteiger charge is 2.13. The number of anilines is 2. The summed E-state index contributed by atoms with van der Waals surface area (Å²) in [5.74, 6) is 0. The lowest BCUT2D eigenvalue weighted by molar-refractivity contribution is 1.16. The van der Waals surface area contributed by atoms with Crippen LogP contribution in [-0.4, -0.2) is 8.75 Å². The number of nitrogens with one attached hydrogen (secondary N) is 1. The molecule has 2 aromatic carbocycles. The normalized spacial score (nSPS) is 10.9. The maximum atomic E-state index is 6.23. The van der Waals surface area contributed by atoms with Gasteiger partial charge < -0.3 is 11.1 Å². The topological polar surface area (TPSA) is 63.8 Å². The number of hydrogen-bond donors (Lipinski definition) is 2. The van der Waals surface area contributed by atoms with E-state index in [4.69, 9.17) is 28.9 Å². The molecule has 0 aliphatic heterocycles. The quantitative estimate of drug-likeness (QED) is 0.709. The van der Waals surface area contributed by atoms with E-state index in [1.165, 1.54) is 0 Å². The highest BCUT2D eigenvalue weighted by atomic mass is 35.5. The fourth-order valence-corrected chi connectivity index (χ4v) is 3.10. The summed E-state index contributed by atoms with van der Waals surface area (Å²) in [5, 5.41) is 4.28. The van der Waals surface area contributed by atoms with Gasteiger partial charge in [-0.3, -0.25) is 0 Å². The van der Waals surface area contributed by atoms with Gasteiger partial charge in [0.05, 0.1) is 27.5 Å². The molecule has 0 bridgehead atoms. The molecule has 102 valence electrons. The average molecular weight is 325 g/mol. The number of halogens is 2. The van der Waals surface area contributed by atoms with Crippen LogP contribution in [-0.2, 0) is 6.54 Å². The number of fused-ring (bicyclic) bond motifs is 1. The van der Waals surface area contributed by atoms with Crippen molar-refractivity contribution in [3.8, 4) is 0 Å². The molecule has 3 aromatic rings. The lowest BCUT2D eigenvalue weighted by Crippen LogP contribution is -2.03. The third-order valence-electron chi connectivity index (χ3n) is 2.95. The Kier molecular flexibility index (Phi) is 3.65. The molecule has 0 saturated heterocycles. The van der Waals surface area contributed by atoms with E-state index < -0.39 is 0 Å². The lowest BCUT2D eigenvalue weighted by atomic mass is 10.1. The molecular weight excluding hydrogens is 315 g/mol. The SMILES string of the molecule is Nc1ccccc1CNc1c(Cl)cc(Cl)c2nsnc12. The number of nitrogens with zero attached hydrogens (tertiary/aromatic N) is 2. The number of rotatable bonds is 3. The Morgan fingerprint density at radius 3 is 2.65 bits per heavy atom. The van der Waals surface area contributed by atoms with Crippen molar-refractivity contribution in [3.05, 3.63) is 45.9 Å². The Morgan fingerprint density at radius 2 is 1.85 bits per heavy atom. The van der Waals surface area contributed by atoms with Crippen LogP contribution >= 0.6 is 34.9 Å². The van der Waals surface area contributed by atoms with Gasteiger partial charge in [0, 0.05) is 12.2 Å². The summed E-state index contributed by atoms with van der Waals surface area (Å²) < 4.78 is 8.41. The molecular formula is C13H10Cl2N4S. The van der Waals surface area contributed by atoms with Crippen molar-refractivity contribution in [1.82, 2.24) is 8.75 Å². The van der Waals surface area contributed by atoms with Crippen LogP contribution in [0.1, 0.15) is 5.56 Å². The fraction of sp³-hybridized carbons (Fsp3) is 0.0769. The van der Waals surface area contributed by atoms with Crippen LogP contribution in [0.5, 0.6) is 0 Å². The first-order chi connectivity index (χ1) is 9.66. The van der Waals surface area contributed by atoms with Crippen LogP contribution < -0.4 is 11.1 Å². The Hall–Kier alpha value is -1.56. The number of nitrogens with two attached hydrogens (primary N) is 1. The third-order valence-corrected chi connectivity index (χ3v) is 4.07. The summed E-state index contributed by atoms with van der Waals surface area (Å²) in [6.07, 6.45) is 0. The standard InChI is InChI=1S/C13H10Cl2N4S/c14-8-5-9(15)12-13(19-20-18-12)11(8)17-6-7-3-1-2-4-10(7)16/h1-5,17H,6,16H2. The van der Waals surface area contributed by atoms with E-state index in [-0.39, 0.29) is 0 Å². The van der Waals surface area contributed by atoms with Crippen molar-refractivity contribution in [3.63, 3.8) is 0 Å². The fourth-order valence-electron chi connectivity index (χ4n) is 1.92. The van der Waals surface area contributed by atoms with E-state index in [1.807, 2.05) is 24.3 Å². The summed E-state index contributed by atoms with van der Waals surface area (Å²) >= 11 is 13.4. The van der Waals surface area contributed by atoms with Crippen molar-refractivity contribution in [2.24, 2.45) is 0 Å². The van der Waals surface area contributed by atoms with Gasteiger partial charge in [0.1, 0.15) is 11.0 Å². The van der Waals surface area contributed by atoms with Gasteiger partial charge in [-0.25, -0.2) is 0 Å². The van der Waals surface area contributed by atoms with E-state index >= 15 is 0 Å². The van der Waals surface area contributed by atoms with Crippen LogP contribution in [0.15, 0.2) is 30.3 Å². The largest absolute Gasteiger partial charge is 0.398 e. The average Bonchev–Trinajstić information content (AvgIpc) is 2.90. The molecule has 0 aliphatic rings. The van der Waals surface area contributed by atoms with Gasteiger partial charge in [-0.2, -0.15) is 8.75 Å². The zero-order valence-electron chi connectivity index (χ0n) is 10.2. The zero-order valence-corrected chi connectivity index (χ0v) is 12.6. The van der Waals surface area contributed by atoms with Crippen LogP contribution in [0.4, 0.5) is 11.4 Å². The third kappa shape index (κ3) is 2.40. The van der Waals surface area contributed by atoms with E-state index in [0.29, 0.717) is 27.6 Å². The maximum Gasteiger partial charge on any atom is 0.130 e. The Labute approximate surface area is 129 Å². The number of hydrogen-bond acceptors (Lipinski definition) is 5. The number of nitrogen functional groups attached to an aromatic ring is 1. The van der Waals surface area contributed by atoms with Crippen molar-refractivity contribution in [2.75, 3.05) is 11.1 Å². The number of aromatic nitrogens is 2. The first-order valence-electron chi connectivity index (χ1n) is 5.84. The number of benzene rings is 2. The summed E-state index contributed by atoms with van der Waals surface area (Å²) in [5.41, 5.74) is 9.71. The minimum Gasteiger partial charge on any atom is -0.398 e. The van der Waals surface area contributed by atoms with Gasteiger partial charge in [-0.15, -0.1) is 0 Å². The molecule has 0 atom stereocenters. The molecule has 0 aliphatic carbocycles. The highest BCUT2D eigenvalue weighted by molar-refractivity contribution is 7.00. The van der Waals surface area contributed by atoms with E-state index in [2.05, 4.69) is 14.1 Å². The van der Waals surface area contributed by atoms with Crippen molar-refractivity contribution in [2.45, 2.75) is 6.54 Å². The smallest absolute Gasteiger partial charge is 0.130 e. The second-order valence-corrected chi connectivity index (χ2v) is 5.57. The first kappa shape index (κ1) is 13.4. The zero-order chi connectivity index (χ0) is 14.1. The van der Waals surface area contributed by atoms with Crippen molar-refractivity contribution >= 4 is 57.3 Å². The molecule has 0 spiro atoms. The second-order valence-electron chi connectivity index (χ2n) is 4.23. The maximum absolute atomic E-state index is 6.23. The predicted molar refractivity (Wildman–Crippen MR) is 85.6 cm³/mol. The minimum atomic E-state index is 0.503. The molecule has 20 heavy (non-hydrogen) atoms. The number of para-hydroxylation sites is 1. The van der Waals surface area contributed by atoms with Crippen LogP contribution in [0, 0.1) is 0 Å². The first-order valence-corrected chi connectivity index (χ1v) is 7.33. The molecule has 1 heterocycles. The summed E-state index contributed by atoms with van der Waals surface area (Å²) in [7, 11) is 0. The Bertz CT molecular complexity index is 772. The molecule has 1 aromatic heterocycles. The van der Waals surface area contributed by atoms with Gasteiger partial charge in [-0.1, -0.05) is 41.4 Å². The van der Waals surface area contributed by atoms with Gasteiger partial charge in [0.25, 0.3) is 0 Å². The molecule has 3 rings (SSSR count).